The molecule has 0 unspecified atom stereocenters. The number of hydrogen-bond donors (Lipinski definition) is 0. The number of ether oxygens (including phenoxy) is 6. The van der Waals surface area contributed by atoms with Gasteiger partial charge in [0.15, 0.2) is 12.4 Å². The van der Waals surface area contributed by atoms with E-state index in [-0.39, 0.29) is 19.0 Å². The minimum atomic E-state index is -0.530. The van der Waals surface area contributed by atoms with Crippen LogP contribution in [0.25, 0.3) is 0 Å². The van der Waals surface area contributed by atoms with Gasteiger partial charge in [-0.1, -0.05) is 13.2 Å². The lowest BCUT2D eigenvalue weighted by Crippen LogP contribution is -2.12. The molecule has 0 aromatic heterocycles. The molecule has 47 heavy (non-hydrogen) atoms. The summed E-state index contributed by atoms with van der Waals surface area (Å²) in [4.78, 5) is 48.1. The molecule has 3 aromatic carbocycles. The van der Waals surface area contributed by atoms with E-state index in [4.69, 9.17) is 28.4 Å². The van der Waals surface area contributed by atoms with E-state index in [9.17, 15) is 19.2 Å². The van der Waals surface area contributed by atoms with E-state index in [1.165, 1.54) is 0 Å². The van der Waals surface area contributed by atoms with Crippen LogP contribution in [-0.2, 0) is 19.1 Å². The van der Waals surface area contributed by atoms with Gasteiger partial charge >= 0.3 is 17.9 Å². The van der Waals surface area contributed by atoms with Gasteiger partial charge in [-0.15, -0.1) is 0 Å². The number of unbranched alkanes of at least 4 members (excludes halogenated alkanes) is 1. The van der Waals surface area contributed by atoms with E-state index in [1.807, 2.05) is 0 Å². The number of ketones is 1. The SMILES string of the molecule is C=C(C)C(=O)OCCCCOc1ccc(C(=O)Oc2ccc(OCC(=O)c3ccc(OCCCOC(=O)C(=C)C)cc3)c(C)c2)cc1. The molecule has 10 nitrogen and oxygen atoms in total. The maximum absolute atomic E-state index is 12.7. The molecule has 0 aliphatic carbocycles. The number of esters is 3. The molecule has 0 fully saturated rings. The smallest absolute Gasteiger partial charge is 0.343 e. The van der Waals surface area contributed by atoms with Crippen LogP contribution in [0.4, 0.5) is 0 Å². The molecular formula is C37H40O10. The molecule has 0 spiro atoms. The predicted octanol–water partition coefficient (Wildman–Crippen LogP) is 6.64. The van der Waals surface area contributed by atoms with Gasteiger partial charge in [-0.3, -0.25) is 4.79 Å². The lowest BCUT2D eigenvalue weighted by molar-refractivity contribution is -0.140. The second-order valence-electron chi connectivity index (χ2n) is 10.7. The largest absolute Gasteiger partial charge is 0.494 e. The number of benzene rings is 3. The fraction of sp³-hybridized carbons (Fsp3) is 0.297. The molecule has 0 saturated heterocycles. The van der Waals surface area contributed by atoms with Gasteiger partial charge in [-0.05, 0) is 106 Å². The first kappa shape index (κ1) is 36.1. The second kappa shape index (κ2) is 18.6. The van der Waals surface area contributed by atoms with Crippen LogP contribution in [0.5, 0.6) is 23.0 Å². The summed E-state index contributed by atoms with van der Waals surface area (Å²) in [5.74, 6) is 0.442. The van der Waals surface area contributed by atoms with Crippen LogP contribution in [0.3, 0.4) is 0 Å². The Labute approximate surface area is 274 Å². The monoisotopic (exact) mass is 644 g/mol. The summed E-state index contributed by atoms with van der Waals surface area (Å²) in [6, 6.07) is 18.2. The number of rotatable bonds is 19. The number of carbonyl (C=O) groups excluding carboxylic acids is 4. The fourth-order valence-corrected chi connectivity index (χ4v) is 3.88. The van der Waals surface area contributed by atoms with Crippen molar-refractivity contribution < 1.29 is 47.6 Å². The first-order valence-electron chi connectivity index (χ1n) is 15.1. The van der Waals surface area contributed by atoms with Gasteiger partial charge in [-0.2, -0.15) is 0 Å². The van der Waals surface area contributed by atoms with E-state index in [0.29, 0.717) is 89.9 Å². The molecule has 3 rings (SSSR count). The molecule has 0 N–H and O–H groups in total. The third kappa shape index (κ3) is 12.5. The van der Waals surface area contributed by atoms with Crippen molar-refractivity contribution in [2.75, 3.05) is 33.0 Å². The molecule has 0 saturated carbocycles. The molecule has 0 atom stereocenters. The Kier molecular flexibility index (Phi) is 14.2. The molecule has 0 aliphatic heterocycles. The molecule has 0 radical (unpaired) electrons. The van der Waals surface area contributed by atoms with Crippen molar-refractivity contribution in [3.63, 3.8) is 0 Å². The van der Waals surface area contributed by atoms with E-state index in [0.717, 1.165) is 0 Å². The standard InChI is InChI=1S/C37H40O10/c1-25(2)35(39)44-20-7-6-19-42-31-15-11-29(12-16-31)37(41)47-32-17-18-34(27(5)23-32)46-24-33(38)28-9-13-30(14-10-28)43-21-8-22-45-36(40)26(3)4/h9-18,23H,1,3,6-8,19-22,24H2,2,4-5H3. The predicted molar refractivity (Wildman–Crippen MR) is 175 cm³/mol. The van der Waals surface area contributed by atoms with Crippen LogP contribution in [0.1, 0.15) is 59.4 Å². The van der Waals surface area contributed by atoms with Crippen molar-refractivity contribution in [2.24, 2.45) is 0 Å². The Hall–Kier alpha value is -5.38. The summed E-state index contributed by atoms with van der Waals surface area (Å²) >= 11 is 0. The van der Waals surface area contributed by atoms with Crippen LogP contribution in [-0.4, -0.2) is 56.7 Å². The van der Waals surface area contributed by atoms with E-state index < -0.39 is 17.9 Å². The highest BCUT2D eigenvalue weighted by atomic mass is 16.5. The van der Waals surface area contributed by atoms with Crippen molar-refractivity contribution in [3.05, 3.63) is 108 Å². The van der Waals surface area contributed by atoms with Gasteiger partial charge in [0.1, 0.15) is 23.0 Å². The minimum Gasteiger partial charge on any atom is -0.494 e. The maximum atomic E-state index is 12.7. The Morgan fingerprint density at radius 2 is 1.09 bits per heavy atom. The molecule has 0 bridgehead atoms. The zero-order valence-corrected chi connectivity index (χ0v) is 27.0. The van der Waals surface area contributed by atoms with Crippen molar-refractivity contribution in [1.82, 2.24) is 0 Å². The van der Waals surface area contributed by atoms with Crippen molar-refractivity contribution >= 4 is 23.7 Å². The number of Topliss-reactive ketones (excluding diaryl/α,β-unsaturated/α-hetero) is 1. The van der Waals surface area contributed by atoms with Crippen LogP contribution in [0.2, 0.25) is 0 Å². The maximum Gasteiger partial charge on any atom is 0.343 e. The van der Waals surface area contributed by atoms with Gasteiger partial charge in [0.2, 0.25) is 0 Å². The van der Waals surface area contributed by atoms with Crippen LogP contribution < -0.4 is 18.9 Å². The zero-order valence-electron chi connectivity index (χ0n) is 27.0. The number of carbonyl (C=O) groups is 4. The lowest BCUT2D eigenvalue weighted by Gasteiger charge is -2.11. The molecule has 0 heterocycles. The van der Waals surface area contributed by atoms with Crippen molar-refractivity contribution in [3.8, 4) is 23.0 Å². The van der Waals surface area contributed by atoms with Crippen LogP contribution in [0, 0.1) is 6.92 Å². The molecule has 3 aromatic rings. The third-order valence-corrected chi connectivity index (χ3v) is 6.51. The Bertz CT molecular complexity index is 1550. The van der Waals surface area contributed by atoms with E-state index >= 15 is 0 Å². The number of hydrogen-bond acceptors (Lipinski definition) is 10. The quantitative estimate of drug-likeness (QED) is 0.0461. The Balaban J connectivity index is 1.39. The molecule has 0 aliphatic rings. The normalized spacial score (nSPS) is 10.4. The topological polar surface area (TPSA) is 124 Å². The number of aryl methyl sites for hydroxylation is 1. The van der Waals surface area contributed by atoms with Crippen molar-refractivity contribution in [1.29, 1.82) is 0 Å². The van der Waals surface area contributed by atoms with Gasteiger partial charge in [-0.25, -0.2) is 14.4 Å². The van der Waals surface area contributed by atoms with Crippen LogP contribution in [0.15, 0.2) is 91.0 Å². The summed E-state index contributed by atoms with van der Waals surface area (Å²) < 4.78 is 32.6. The average Bonchev–Trinajstić information content (AvgIpc) is 3.05. The summed E-state index contributed by atoms with van der Waals surface area (Å²) in [6.45, 7) is 13.2. The summed E-state index contributed by atoms with van der Waals surface area (Å²) in [5.41, 5.74) is 2.23. The molecular weight excluding hydrogens is 604 g/mol. The first-order chi connectivity index (χ1) is 22.5. The van der Waals surface area contributed by atoms with Gasteiger partial charge < -0.3 is 28.4 Å². The molecule has 10 heteroatoms. The third-order valence-electron chi connectivity index (χ3n) is 6.51. The Morgan fingerprint density at radius 3 is 1.64 bits per heavy atom. The molecule has 0 amide bonds. The highest BCUT2D eigenvalue weighted by Crippen LogP contribution is 2.25. The fourth-order valence-electron chi connectivity index (χ4n) is 3.88. The van der Waals surface area contributed by atoms with Gasteiger partial charge in [0.05, 0.1) is 32.0 Å². The van der Waals surface area contributed by atoms with E-state index in [2.05, 4.69) is 13.2 Å². The second-order valence-corrected chi connectivity index (χ2v) is 10.7. The highest BCUT2D eigenvalue weighted by molar-refractivity contribution is 5.97. The van der Waals surface area contributed by atoms with Crippen molar-refractivity contribution in [2.45, 2.75) is 40.0 Å². The average molecular weight is 645 g/mol. The van der Waals surface area contributed by atoms with Gasteiger partial charge in [0, 0.05) is 23.1 Å². The Morgan fingerprint density at radius 1 is 0.596 bits per heavy atom. The summed E-state index contributed by atoms with van der Waals surface area (Å²) in [6.07, 6.45) is 1.88. The first-order valence-corrected chi connectivity index (χ1v) is 15.1. The van der Waals surface area contributed by atoms with Crippen LogP contribution >= 0.6 is 0 Å². The molecule has 248 valence electrons. The highest BCUT2D eigenvalue weighted by Gasteiger charge is 2.13. The minimum absolute atomic E-state index is 0.175. The summed E-state index contributed by atoms with van der Waals surface area (Å²) in [7, 11) is 0. The van der Waals surface area contributed by atoms with E-state index in [1.54, 1.807) is 87.5 Å². The lowest BCUT2D eigenvalue weighted by atomic mass is 10.1. The summed E-state index contributed by atoms with van der Waals surface area (Å²) in [5, 5.41) is 0. The van der Waals surface area contributed by atoms with Gasteiger partial charge in [0.25, 0.3) is 0 Å². The zero-order chi connectivity index (χ0) is 34.2.